The largest absolute Gasteiger partial charge is 0.227 e. The van der Waals surface area contributed by atoms with E-state index >= 15 is 0 Å². The molecular weight excluding hydrogens is 665 g/mol. The maximum Gasteiger partial charge on any atom is 0.160 e. The highest BCUT2D eigenvalue weighted by Crippen LogP contribution is 2.56. The summed E-state index contributed by atoms with van der Waals surface area (Å²) in [6, 6.07) is 78.1. The highest BCUT2D eigenvalue weighted by atomic mass is 14.9. The Bertz CT molecular complexity index is 2720. The summed E-state index contributed by atoms with van der Waals surface area (Å²) in [5, 5.41) is 0. The van der Waals surface area contributed by atoms with Gasteiger partial charge in [0, 0.05) is 22.3 Å². The summed E-state index contributed by atoms with van der Waals surface area (Å²) in [6.07, 6.45) is 0. The van der Waals surface area contributed by atoms with Gasteiger partial charge in [-0.05, 0) is 56.1 Å². The minimum Gasteiger partial charge on any atom is -0.227 e. The quantitative estimate of drug-likeness (QED) is 0.165. The Morgan fingerprint density at radius 3 is 1.29 bits per heavy atom. The normalized spacial score (nSPS) is 12.5. The van der Waals surface area contributed by atoms with Crippen LogP contribution in [0.25, 0.3) is 67.3 Å². The molecule has 1 aliphatic rings. The molecule has 0 N–H and O–H groups in total. The highest BCUT2D eigenvalue weighted by Gasteiger charge is 2.46. The number of rotatable bonds is 7. The van der Waals surface area contributed by atoms with E-state index < -0.39 is 5.41 Å². The van der Waals surface area contributed by atoms with Crippen LogP contribution in [0.15, 0.2) is 218 Å². The first-order valence-corrected chi connectivity index (χ1v) is 18.8. The molecule has 1 aromatic heterocycles. The lowest BCUT2D eigenvalue weighted by Crippen LogP contribution is -2.28. The molecule has 9 aromatic rings. The van der Waals surface area contributed by atoms with Crippen molar-refractivity contribution < 1.29 is 0 Å². The molecule has 0 unspecified atom stereocenters. The van der Waals surface area contributed by atoms with E-state index in [1.807, 2.05) is 24.3 Å². The molecule has 0 aliphatic heterocycles. The van der Waals surface area contributed by atoms with Gasteiger partial charge in [-0.3, -0.25) is 0 Å². The maximum absolute atomic E-state index is 5.32. The summed E-state index contributed by atoms with van der Waals surface area (Å²) in [7, 11) is 0. The SMILES string of the molecule is c1ccc(-c2nc(-c3ccccc3)c(-c3ccccc3)c(-c3ccc(-c4ccc5c(c4)C(c4ccccc4)(c4ccccc4)c4ccccc4-5)cc3)n2)cc1. The zero-order chi connectivity index (χ0) is 36.6. The molecule has 258 valence electrons. The first-order valence-electron chi connectivity index (χ1n) is 18.8. The third kappa shape index (κ3) is 5.50. The van der Waals surface area contributed by atoms with Crippen molar-refractivity contribution in [3.05, 3.63) is 241 Å². The second-order valence-electron chi connectivity index (χ2n) is 14.1. The fraction of sp³-hybridized carbons (Fsp3) is 0.0189. The van der Waals surface area contributed by atoms with Crippen LogP contribution >= 0.6 is 0 Å². The second-order valence-corrected chi connectivity index (χ2v) is 14.1. The van der Waals surface area contributed by atoms with Crippen LogP contribution in [-0.4, -0.2) is 9.97 Å². The van der Waals surface area contributed by atoms with E-state index in [1.54, 1.807) is 0 Å². The Morgan fingerprint density at radius 1 is 0.291 bits per heavy atom. The average molecular weight is 701 g/mol. The van der Waals surface area contributed by atoms with E-state index in [1.165, 1.54) is 38.9 Å². The van der Waals surface area contributed by atoms with Crippen molar-refractivity contribution in [2.45, 2.75) is 5.41 Å². The van der Waals surface area contributed by atoms with Gasteiger partial charge in [-0.2, -0.15) is 0 Å². The molecule has 0 amide bonds. The lowest BCUT2D eigenvalue weighted by atomic mass is 9.67. The summed E-state index contributed by atoms with van der Waals surface area (Å²) in [5.74, 6) is 0.703. The highest BCUT2D eigenvalue weighted by molar-refractivity contribution is 5.93. The molecule has 0 saturated carbocycles. The Balaban J connectivity index is 1.15. The van der Waals surface area contributed by atoms with E-state index in [0.29, 0.717) is 5.82 Å². The number of hydrogen-bond donors (Lipinski definition) is 0. The zero-order valence-electron chi connectivity index (χ0n) is 30.2. The predicted molar refractivity (Wildman–Crippen MR) is 227 cm³/mol. The molecular formula is C53H36N2. The van der Waals surface area contributed by atoms with Crippen LogP contribution in [0.4, 0.5) is 0 Å². The molecule has 1 aliphatic carbocycles. The van der Waals surface area contributed by atoms with Gasteiger partial charge in [0.25, 0.3) is 0 Å². The van der Waals surface area contributed by atoms with Crippen LogP contribution in [0, 0.1) is 0 Å². The van der Waals surface area contributed by atoms with Crippen molar-refractivity contribution in [3.63, 3.8) is 0 Å². The van der Waals surface area contributed by atoms with E-state index in [9.17, 15) is 0 Å². The van der Waals surface area contributed by atoms with Gasteiger partial charge in [0.1, 0.15) is 0 Å². The van der Waals surface area contributed by atoms with Gasteiger partial charge in [-0.25, -0.2) is 9.97 Å². The van der Waals surface area contributed by atoms with Crippen molar-refractivity contribution in [3.8, 4) is 67.3 Å². The van der Waals surface area contributed by atoms with E-state index in [2.05, 4.69) is 194 Å². The summed E-state index contributed by atoms with van der Waals surface area (Å²) in [4.78, 5) is 10.6. The fourth-order valence-corrected chi connectivity index (χ4v) is 8.51. The van der Waals surface area contributed by atoms with Gasteiger partial charge in [0.05, 0.1) is 16.8 Å². The molecule has 2 heteroatoms. The molecule has 55 heavy (non-hydrogen) atoms. The zero-order valence-corrected chi connectivity index (χ0v) is 30.2. The van der Waals surface area contributed by atoms with E-state index in [4.69, 9.17) is 9.97 Å². The van der Waals surface area contributed by atoms with Crippen LogP contribution in [-0.2, 0) is 5.41 Å². The number of hydrogen-bond acceptors (Lipinski definition) is 2. The number of aromatic nitrogens is 2. The molecule has 0 radical (unpaired) electrons. The summed E-state index contributed by atoms with van der Waals surface area (Å²) in [6.45, 7) is 0. The van der Waals surface area contributed by atoms with Crippen LogP contribution in [0.5, 0.6) is 0 Å². The fourth-order valence-electron chi connectivity index (χ4n) is 8.51. The second kappa shape index (κ2) is 13.7. The average Bonchev–Trinajstić information content (AvgIpc) is 3.58. The molecule has 0 fully saturated rings. The Hall–Kier alpha value is -7.16. The smallest absolute Gasteiger partial charge is 0.160 e. The summed E-state index contributed by atoms with van der Waals surface area (Å²) >= 11 is 0. The van der Waals surface area contributed by atoms with Crippen LogP contribution < -0.4 is 0 Å². The molecule has 0 spiro atoms. The maximum atomic E-state index is 5.32. The minimum absolute atomic E-state index is 0.447. The first-order chi connectivity index (χ1) is 27.3. The Kier molecular flexibility index (Phi) is 8.08. The van der Waals surface area contributed by atoms with Gasteiger partial charge in [-0.1, -0.05) is 212 Å². The van der Waals surface area contributed by atoms with Crippen molar-refractivity contribution in [2.24, 2.45) is 0 Å². The molecule has 0 bridgehead atoms. The summed E-state index contributed by atoms with van der Waals surface area (Å²) < 4.78 is 0. The van der Waals surface area contributed by atoms with Crippen LogP contribution in [0.1, 0.15) is 22.3 Å². The third-order valence-electron chi connectivity index (χ3n) is 11.0. The molecule has 1 heterocycles. The van der Waals surface area contributed by atoms with Crippen molar-refractivity contribution >= 4 is 0 Å². The Morgan fingerprint density at radius 2 is 0.709 bits per heavy atom. The Labute approximate surface area is 322 Å². The monoisotopic (exact) mass is 700 g/mol. The van der Waals surface area contributed by atoms with Crippen molar-refractivity contribution in [1.29, 1.82) is 0 Å². The topological polar surface area (TPSA) is 25.8 Å². The van der Waals surface area contributed by atoms with Gasteiger partial charge in [-0.15, -0.1) is 0 Å². The standard InChI is InChI=1S/C53H36N2/c1-6-18-38(19-7-1)49-50(39-20-8-2-9-21-39)54-52(41-22-10-3-11-23-41)55-51(49)40-32-30-37(31-33-40)42-34-35-46-45-28-16-17-29-47(45)53(48(46)36-42,43-24-12-4-13-25-43)44-26-14-5-15-27-44/h1-36H. The van der Waals surface area contributed by atoms with Gasteiger partial charge in [0.2, 0.25) is 0 Å². The lowest BCUT2D eigenvalue weighted by Gasteiger charge is -2.34. The van der Waals surface area contributed by atoms with E-state index in [0.717, 1.165) is 44.8 Å². The van der Waals surface area contributed by atoms with E-state index in [-0.39, 0.29) is 0 Å². The van der Waals surface area contributed by atoms with Crippen molar-refractivity contribution in [1.82, 2.24) is 9.97 Å². The van der Waals surface area contributed by atoms with Crippen LogP contribution in [0.2, 0.25) is 0 Å². The third-order valence-corrected chi connectivity index (χ3v) is 11.0. The molecule has 2 nitrogen and oxygen atoms in total. The number of nitrogens with zero attached hydrogens (tertiary/aromatic N) is 2. The molecule has 0 atom stereocenters. The molecule has 0 saturated heterocycles. The van der Waals surface area contributed by atoms with Gasteiger partial charge >= 0.3 is 0 Å². The number of benzene rings is 8. The lowest BCUT2D eigenvalue weighted by molar-refractivity contribution is 0.769. The van der Waals surface area contributed by atoms with Crippen LogP contribution in [0.3, 0.4) is 0 Å². The molecule has 10 rings (SSSR count). The van der Waals surface area contributed by atoms with Gasteiger partial charge < -0.3 is 0 Å². The number of fused-ring (bicyclic) bond motifs is 3. The summed E-state index contributed by atoms with van der Waals surface area (Å²) in [5.41, 5.74) is 16.6. The minimum atomic E-state index is -0.447. The first kappa shape index (κ1) is 32.5. The van der Waals surface area contributed by atoms with Crippen molar-refractivity contribution in [2.75, 3.05) is 0 Å². The molecule has 8 aromatic carbocycles. The predicted octanol–water partition coefficient (Wildman–Crippen LogP) is 13.2. The van der Waals surface area contributed by atoms with Gasteiger partial charge in [0.15, 0.2) is 5.82 Å².